The molecule has 3 rings (SSSR count). The average molecular weight is 355 g/mol. The molecule has 0 unspecified atom stereocenters. The standard InChI is InChI=1S/C19H18FN3O3/c1-12(24)21-14-6-8-15(9-7-14)22-17(25)11-23-18(26)10-5-13-3-2-4-16(20)19(13)23/h2-4,6-9H,5,10-11H2,1H3,(H,21,24)(H,22,25). The van der Waals surface area contributed by atoms with Crippen molar-refractivity contribution in [1.82, 2.24) is 0 Å². The van der Waals surface area contributed by atoms with Gasteiger partial charge in [0.15, 0.2) is 0 Å². The monoisotopic (exact) mass is 355 g/mol. The third-order valence-electron chi connectivity index (χ3n) is 4.04. The molecule has 134 valence electrons. The van der Waals surface area contributed by atoms with Gasteiger partial charge in [-0.15, -0.1) is 0 Å². The van der Waals surface area contributed by atoms with Crippen LogP contribution in [0.3, 0.4) is 0 Å². The molecule has 1 aliphatic rings. The largest absolute Gasteiger partial charge is 0.326 e. The number of carbonyl (C=O) groups is 3. The van der Waals surface area contributed by atoms with Crippen molar-refractivity contribution >= 4 is 34.8 Å². The summed E-state index contributed by atoms with van der Waals surface area (Å²) in [5, 5.41) is 5.30. The fraction of sp³-hybridized carbons (Fsp3) is 0.211. The topological polar surface area (TPSA) is 78.5 Å². The van der Waals surface area contributed by atoms with E-state index in [0.29, 0.717) is 17.8 Å². The highest BCUT2D eigenvalue weighted by atomic mass is 19.1. The Hall–Kier alpha value is -3.22. The number of rotatable bonds is 4. The Bertz CT molecular complexity index is 865. The first-order valence-electron chi connectivity index (χ1n) is 8.19. The highest BCUT2D eigenvalue weighted by molar-refractivity contribution is 6.04. The number of nitrogens with one attached hydrogen (secondary N) is 2. The average Bonchev–Trinajstić information content (AvgIpc) is 2.59. The van der Waals surface area contributed by atoms with Crippen molar-refractivity contribution in [2.24, 2.45) is 0 Å². The Morgan fingerprint density at radius 3 is 2.35 bits per heavy atom. The summed E-state index contributed by atoms with van der Waals surface area (Å²) in [7, 11) is 0. The fourth-order valence-electron chi connectivity index (χ4n) is 2.92. The number of benzene rings is 2. The van der Waals surface area contributed by atoms with E-state index in [4.69, 9.17) is 0 Å². The van der Waals surface area contributed by atoms with Gasteiger partial charge in [-0.3, -0.25) is 19.3 Å². The molecule has 0 aromatic heterocycles. The molecule has 1 heterocycles. The van der Waals surface area contributed by atoms with Crippen LogP contribution in [0.5, 0.6) is 0 Å². The first-order chi connectivity index (χ1) is 12.4. The van der Waals surface area contributed by atoms with Crippen molar-refractivity contribution in [3.63, 3.8) is 0 Å². The maximum atomic E-state index is 14.2. The molecule has 7 heteroatoms. The molecule has 26 heavy (non-hydrogen) atoms. The van der Waals surface area contributed by atoms with Gasteiger partial charge in [-0.1, -0.05) is 12.1 Å². The smallest absolute Gasteiger partial charge is 0.244 e. The highest BCUT2D eigenvalue weighted by Gasteiger charge is 2.28. The van der Waals surface area contributed by atoms with E-state index in [9.17, 15) is 18.8 Å². The lowest BCUT2D eigenvalue weighted by Crippen LogP contribution is -2.41. The molecule has 2 N–H and O–H groups in total. The maximum Gasteiger partial charge on any atom is 0.244 e. The van der Waals surface area contributed by atoms with E-state index in [1.165, 1.54) is 17.9 Å². The van der Waals surface area contributed by atoms with Gasteiger partial charge in [-0.2, -0.15) is 0 Å². The molecule has 6 nitrogen and oxygen atoms in total. The summed E-state index contributed by atoms with van der Waals surface area (Å²) >= 11 is 0. The second-order valence-electron chi connectivity index (χ2n) is 6.03. The molecular weight excluding hydrogens is 337 g/mol. The van der Waals surface area contributed by atoms with E-state index < -0.39 is 11.7 Å². The number of nitrogens with zero attached hydrogens (tertiary/aromatic N) is 1. The lowest BCUT2D eigenvalue weighted by molar-refractivity contribution is -0.121. The van der Waals surface area contributed by atoms with Crippen LogP contribution in [0.4, 0.5) is 21.5 Å². The third kappa shape index (κ3) is 3.88. The number of hydrogen-bond donors (Lipinski definition) is 2. The molecule has 0 saturated heterocycles. The summed E-state index contributed by atoms with van der Waals surface area (Å²) in [6.07, 6.45) is 0.712. The van der Waals surface area contributed by atoms with E-state index in [0.717, 1.165) is 5.56 Å². The zero-order chi connectivity index (χ0) is 18.7. The molecule has 3 amide bonds. The molecule has 2 aromatic carbocycles. The van der Waals surface area contributed by atoms with Gasteiger partial charge in [0.25, 0.3) is 0 Å². The third-order valence-corrected chi connectivity index (χ3v) is 4.04. The van der Waals surface area contributed by atoms with Gasteiger partial charge in [-0.05, 0) is 42.3 Å². The number of fused-ring (bicyclic) bond motifs is 1. The minimum absolute atomic E-state index is 0.180. The van der Waals surface area contributed by atoms with Crippen LogP contribution in [0.2, 0.25) is 0 Å². The van der Waals surface area contributed by atoms with Crippen LogP contribution in [-0.4, -0.2) is 24.3 Å². The van der Waals surface area contributed by atoms with Crippen molar-refractivity contribution in [2.75, 3.05) is 22.1 Å². The van der Waals surface area contributed by atoms with Gasteiger partial charge >= 0.3 is 0 Å². The van der Waals surface area contributed by atoms with Crippen molar-refractivity contribution < 1.29 is 18.8 Å². The molecule has 0 saturated carbocycles. The van der Waals surface area contributed by atoms with Gasteiger partial charge < -0.3 is 10.6 Å². The summed E-state index contributed by atoms with van der Waals surface area (Å²) < 4.78 is 14.2. The van der Waals surface area contributed by atoms with Crippen LogP contribution >= 0.6 is 0 Å². The van der Waals surface area contributed by atoms with E-state index in [1.807, 2.05) is 0 Å². The van der Waals surface area contributed by atoms with E-state index in [1.54, 1.807) is 36.4 Å². The van der Waals surface area contributed by atoms with Crippen LogP contribution in [0.25, 0.3) is 0 Å². The van der Waals surface area contributed by atoms with Crippen molar-refractivity contribution in [2.45, 2.75) is 19.8 Å². The molecule has 0 aliphatic carbocycles. The first kappa shape index (κ1) is 17.6. The van der Waals surface area contributed by atoms with Gasteiger partial charge in [0.1, 0.15) is 12.4 Å². The Morgan fingerprint density at radius 1 is 1.04 bits per heavy atom. The predicted octanol–water partition coefficient (Wildman–Crippen LogP) is 2.70. The number of halogens is 1. The van der Waals surface area contributed by atoms with Crippen LogP contribution < -0.4 is 15.5 Å². The Morgan fingerprint density at radius 2 is 1.69 bits per heavy atom. The Kier molecular flexibility index (Phi) is 4.97. The van der Waals surface area contributed by atoms with Crippen molar-refractivity contribution in [1.29, 1.82) is 0 Å². The van der Waals surface area contributed by atoms with Crippen LogP contribution in [0, 0.1) is 5.82 Å². The zero-order valence-corrected chi connectivity index (χ0v) is 14.2. The van der Waals surface area contributed by atoms with Gasteiger partial charge in [0.2, 0.25) is 17.7 Å². The van der Waals surface area contributed by atoms with Crippen LogP contribution in [-0.2, 0) is 20.8 Å². The normalized spacial score (nSPS) is 13.2. The predicted molar refractivity (Wildman–Crippen MR) is 96.4 cm³/mol. The molecule has 0 radical (unpaired) electrons. The van der Waals surface area contributed by atoms with E-state index in [2.05, 4.69) is 10.6 Å². The number of amides is 3. The number of hydrogen-bond acceptors (Lipinski definition) is 3. The summed E-state index contributed by atoms with van der Waals surface area (Å²) in [6.45, 7) is 1.14. The molecule has 1 aliphatic heterocycles. The SMILES string of the molecule is CC(=O)Nc1ccc(NC(=O)CN2C(=O)CCc3cccc(F)c32)cc1. The lowest BCUT2D eigenvalue weighted by Gasteiger charge is -2.29. The summed E-state index contributed by atoms with van der Waals surface area (Å²) in [6, 6.07) is 11.2. The number of aryl methyl sites for hydroxylation is 1. The van der Waals surface area contributed by atoms with E-state index >= 15 is 0 Å². The van der Waals surface area contributed by atoms with Gasteiger partial charge in [0, 0.05) is 24.7 Å². The van der Waals surface area contributed by atoms with Crippen LogP contribution in [0.1, 0.15) is 18.9 Å². The quantitative estimate of drug-likeness (QED) is 0.885. The Labute approximate surface area is 150 Å². The minimum Gasteiger partial charge on any atom is -0.326 e. The zero-order valence-electron chi connectivity index (χ0n) is 14.2. The summed E-state index contributed by atoms with van der Waals surface area (Å²) in [5.41, 5.74) is 2.02. The van der Waals surface area contributed by atoms with Gasteiger partial charge in [0.05, 0.1) is 5.69 Å². The molecular formula is C19H18FN3O3. The fourth-order valence-corrected chi connectivity index (χ4v) is 2.92. The maximum absolute atomic E-state index is 14.2. The van der Waals surface area contributed by atoms with Crippen molar-refractivity contribution in [3.05, 3.63) is 53.8 Å². The number of carbonyl (C=O) groups excluding carboxylic acids is 3. The van der Waals surface area contributed by atoms with Crippen LogP contribution in [0.15, 0.2) is 42.5 Å². The second-order valence-corrected chi connectivity index (χ2v) is 6.03. The highest BCUT2D eigenvalue weighted by Crippen LogP contribution is 2.30. The number of para-hydroxylation sites is 1. The second kappa shape index (κ2) is 7.35. The molecule has 0 spiro atoms. The number of anilines is 3. The summed E-state index contributed by atoms with van der Waals surface area (Å²) in [4.78, 5) is 36.7. The first-order valence-corrected chi connectivity index (χ1v) is 8.19. The van der Waals surface area contributed by atoms with Crippen molar-refractivity contribution in [3.8, 4) is 0 Å². The molecule has 0 bridgehead atoms. The van der Waals surface area contributed by atoms with E-state index in [-0.39, 0.29) is 30.5 Å². The lowest BCUT2D eigenvalue weighted by atomic mass is 10.0. The minimum atomic E-state index is -0.511. The van der Waals surface area contributed by atoms with Gasteiger partial charge in [-0.25, -0.2) is 4.39 Å². The summed E-state index contributed by atoms with van der Waals surface area (Å²) in [5.74, 6) is -1.41. The molecule has 2 aromatic rings. The molecule has 0 atom stereocenters. The Balaban J connectivity index is 1.70. The molecule has 0 fully saturated rings.